The van der Waals surface area contributed by atoms with Gasteiger partial charge in [-0.2, -0.15) is 0 Å². The second kappa shape index (κ2) is 9.44. The predicted octanol–water partition coefficient (Wildman–Crippen LogP) is 3.51. The maximum absolute atomic E-state index is 13.0. The van der Waals surface area contributed by atoms with Crippen molar-refractivity contribution in [3.63, 3.8) is 0 Å². The van der Waals surface area contributed by atoms with Crippen molar-refractivity contribution >= 4 is 34.6 Å². The first-order valence-corrected chi connectivity index (χ1v) is 11.4. The summed E-state index contributed by atoms with van der Waals surface area (Å²) in [4.78, 5) is 25.9. The highest BCUT2D eigenvalue weighted by Crippen LogP contribution is 2.26. The van der Waals surface area contributed by atoms with Gasteiger partial charge in [-0.15, -0.1) is 5.10 Å². The second-order valence-electron chi connectivity index (χ2n) is 8.61. The van der Waals surface area contributed by atoms with Gasteiger partial charge in [0.2, 0.25) is 0 Å². The Bertz CT molecular complexity index is 1300. The molecular formula is C24H27N9O. The number of nitrogens with one attached hydrogen (secondary N) is 3. The molecule has 1 saturated carbocycles. The van der Waals surface area contributed by atoms with E-state index in [2.05, 4.69) is 30.9 Å². The first kappa shape index (κ1) is 21.8. The lowest BCUT2D eigenvalue weighted by Crippen LogP contribution is -2.33. The first-order valence-electron chi connectivity index (χ1n) is 11.4. The summed E-state index contributed by atoms with van der Waals surface area (Å²) in [5.74, 6) is 1.03. The molecule has 1 aliphatic carbocycles. The number of anilines is 4. The SMILES string of the molecule is Cc1ccnc(Nc2cc(N[C@H]3CC[C@H](N)CC3)nn3c(C(=O)Nc4ccncc4)cnc23)c1. The number of hydrogen-bond acceptors (Lipinski definition) is 8. The largest absolute Gasteiger partial charge is 0.366 e. The van der Waals surface area contributed by atoms with Crippen molar-refractivity contribution in [3.05, 3.63) is 66.4 Å². The summed E-state index contributed by atoms with van der Waals surface area (Å²) in [5.41, 5.74) is 9.34. The van der Waals surface area contributed by atoms with E-state index < -0.39 is 0 Å². The summed E-state index contributed by atoms with van der Waals surface area (Å²) in [6, 6.07) is 9.78. The number of nitrogens with zero attached hydrogens (tertiary/aromatic N) is 5. The van der Waals surface area contributed by atoms with Gasteiger partial charge in [0.15, 0.2) is 11.3 Å². The average molecular weight is 458 g/mol. The molecule has 4 heterocycles. The Balaban J connectivity index is 1.50. The lowest BCUT2D eigenvalue weighted by atomic mass is 9.92. The third kappa shape index (κ3) is 4.81. The van der Waals surface area contributed by atoms with Crippen molar-refractivity contribution in [1.29, 1.82) is 0 Å². The van der Waals surface area contributed by atoms with E-state index in [0.29, 0.717) is 34.4 Å². The molecule has 0 aromatic carbocycles. The van der Waals surface area contributed by atoms with Gasteiger partial charge in [0, 0.05) is 42.4 Å². The molecule has 4 aromatic heterocycles. The number of hydrogen-bond donors (Lipinski definition) is 4. The minimum absolute atomic E-state index is 0.259. The third-order valence-electron chi connectivity index (χ3n) is 5.94. The lowest BCUT2D eigenvalue weighted by molar-refractivity contribution is 0.102. The number of pyridine rings is 2. The first-order chi connectivity index (χ1) is 16.5. The molecule has 0 bridgehead atoms. The van der Waals surface area contributed by atoms with Gasteiger partial charge in [0.25, 0.3) is 5.91 Å². The third-order valence-corrected chi connectivity index (χ3v) is 5.94. The van der Waals surface area contributed by atoms with Crippen LogP contribution in [0.2, 0.25) is 0 Å². The minimum Gasteiger partial charge on any atom is -0.366 e. The Morgan fingerprint density at radius 3 is 2.59 bits per heavy atom. The topological polar surface area (TPSA) is 135 Å². The van der Waals surface area contributed by atoms with Crippen LogP contribution in [0, 0.1) is 6.92 Å². The van der Waals surface area contributed by atoms with Gasteiger partial charge in [0.05, 0.1) is 11.9 Å². The van der Waals surface area contributed by atoms with Crippen LogP contribution in [0.5, 0.6) is 0 Å². The maximum atomic E-state index is 13.0. The van der Waals surface area contributed by atoms with Crippen molar-refractivity contribution < 1.29 is 4.79 Å². The van der Waals surface area contributed by atoms with Gasteiger partial charge >= 0.3 is 0 Å². The van der Waals surface area contributed by atoms with E-state index in [1.165, 1.54) is 6.20 Å². The molecule has 0 atom stereocenters. The van der Waals surface area contributed by atoms with Crippen LogP contribution in [0.15, 0.2) is 55.1 Å². The molecule has 0 saturated heterocycles. The molecule has 1 amide bonds. The molecule has 0 radical (unpaired) electrons. The highest BCUT2D eigenvalue weighted by Gasteiger charge is 2.21. The van der Waals surface area contributed by atoms with Crippen LogP contribution in [0.3, 0.4) is 0 Å². The number of nitrogens with two attached hydrogens (primary N) is 1. The van der Waals surface area contributed by atoms with E-state index in [1.807, 2.05) is 25.1 Å². The van der Waals surface area contributed by atoms with E-state index >= 15 is 0 Å². The smallest absolute Gasteiger partial charge is 0.276 e. The molecule has 174 valence electrons. The summed E-state index contributed by atoms with van der Waals surface area (Å²) >= 11 is 0. The quantitative estimate of drug-likeness (QED) is 0.345. The molecule has 10 nitrogen and oxygen atoms in total. The highest BCUT2D eigenvalue weighted by molar-refractivity contribution is 6.03. The fourth-order valence-corrected chi connectivity index (χ4v) is 4.13. The Labute approximate surface area is 197 Å². The van der Waals surface area contributed by atoms with Crippen LogP contribution in [0.25, 0.3) is 5.65 Å². The number of carbonyl (C=O) groups excluding carboxylic acids is 1. The van der Waals surface area contributed by atoms with Gasteiger partial charge in [0.1, 0.15) is 11.6 Å². The number of aryl methyl sites for hydroxylation is 1. The average Bonchev–Trinajstić information content (AvgIpc) is 3.26. The molecule has 0 unspecified atom stereocenters. The van der Waals surface area contributed by atoms with Crippen LogP contribution >= 0.6 is 0 Å². The number of rotatable bonds is 6. The predicted molar refractivity (Wildman–Crippen MR) is 131 cm³/mol. The van der Waals surface area contributed by atoms with Gasteiger partial charge in [-0.25, -0.2) is 14.5 Å². The molecular weight excluding hydrogens is 430 g/mol. The number of carbonyl (C=O) groups is 1. The van der Waals surface area contributed by atoms with Crippen LogP contribution in [-0.4, -0.2) is 42.6 Å². The summed E-state index contributed by atoms with van der Waals surface area (Å²) in [6.45, 7) is 2.01. The molecule has 4 aromatic rings. The molecule has 34 heavy (non-hydrogen) atoms. The second-order valence-corrected chi connectivity index (χ2v) is 8.61. The van der Waals surface area contributed by atoms with E-state index in [4.69, 9.17) is 10.8 Å². The normalized spacial score (nSPS) is 17.9. The summed E-state index contributed by atoms with van der Waals surface area (Å²) < 4.78 is 1.56. The number of fused-ring (bicyclic) bond motifs is 1. The standard InChI is InChI=1S/C24H27N9O/c1-15-6-11-27-21(12-15)31-19-13-22(29-17-4-2-16(25)3-5-17)32-33-20(14-28-23(19)33)24(34)30-18-7-9-26-10-8-18/h6-14,16-17H,2-5,25H2,1H3,(H,27,31)(H,29,32)(H,26,30,34)/t16-,17-. The van der Waals surface area contributed by atoms with Crippen LogP contribution in [0.4, 0.5) is 23.0 Å². The van der Waals surface area contributed by atoms with Gasteiger partial charge in [-0.05, 0) is 62.4 Å². The molecule has 5 rings (SSSR count). The molecule has 1 fully saturated rings. The van der Waals surface area contributed by atoms with Gasteiger partial charge < -0.3 is 21.7 Å². The van der Waals surface area contributed by atoms with Crippen molar-refractivity contribution in [2.24, 2.45) is 5.73 Å². The van der Waals surface area contributed by atoms with E-state index in [-0.39, 0.29) is 18.0 Å². The summed E-state index contributed by atoms with van der Waals surface area (Å²) in [7, 11) is 0. The van der Waals surface area contributed by atoms with Gasteiger partial charge in [-0.3, -0.25) is 9.78 Å². The Morgan fingerprint density at radius 1 is 1.03 bits per heavy atom. The fourth-order valence-electron chi connectivity index (χ4n) is 4.13. The van der Waals surface area contributed by atoms with Crippen LogP contribution in [-0.2, 0) is 0 Å². The van der Waals surface area contributed by atoms with Crippen molar-refractivity contribution in [3.8, 4) is 0 Å². The number of imidazole rings is 1. The number of amides is 1. The zero-order valence-corrected chi connectivity index (χ0v) is 18.9. The fraction of sp³-hybridized carbons (Fsp3) is 0.292. The maximum Gasteiger partial charge on any atom is 0.276 e. The lowest BCUT2D eigenvalue weighted by Gasteiger charge is -2.27. The Morgan fingerprint density at radius 2 is 1.82 bits per heavy atom. The summed E-state index contributed by atoms with van der Waals surface area (Å²) in [5, 5.41) is 14.4. The minimum atomic E-state index is -0.313. The van der Waals surface area contributed by atoms with Crippen molar-refractivity contribution in [2.45, 2.75) is 44.7 Å². The monoisotopic (exact) mass is 457 g/mol. The van der Waals surface area contributed by atoms with Crippen molar-refractivity contribution in [1.82, 2.24) is 24.6 Å². The molecule has 5 N–H and O–H groups in total. The molecule has 1 aliphatic rings. The zero-order chi connectivity index (χ0) is 23.5. The summed E-state index contributed by atoms with van der Waals surface area (Å²) in [6.07, 6.45) is 10.4. The number of aromatic nitrogens is 5. The van der Waals surface area contributed by atoms with Crippen LogP contribution < -0.4 is 21.7 Å². The molecule has 0 spiro atoms. The van der Waals surface area contributed by atoms with Crippen LogP contribution in [0.1, 0.15) is 41.7 Å². The van der Waals surface area contributed by atoms with E-state index in [0.717, 1.165) is 31.2 Å². The van der Waals surface area contributed by atoms with Gasteiger partial charge in [-0.1, -0.05) is 0 Å². The Kier molecular flexibility index (Phi) is 6.05. The van der Waals surface area contributed by atoms with Crippen molar-refractivity contribution in [2.75, 3.05) is 16.0 Å². The van der Waals surface area contributed by atoms with E-state index in [9.17, 15) is 4.79 Å². The zero-order valence-electron chi connectivity index (χ0n) is 18.9. The molecule has 0 aliphatic heterocycles. The Hall–Kier alpha value is -4.05. The highest BCUT2D eigenvalue weighted by atomic mass is 16.2. The van der Waals surface area contributed by atoms with E-state index in [1.54, 1.807) is 35.2 Å². The molecule has 10 heteroatoms.